The standard InChI is InChI=1S/C16H13Br3ClF/c17-9-16(10-18,12-5-1-2-6-13(12)20)8-11-4-3-7-14(21)15(11)19/h1-7H,8-10H2. The van der Waals surface area contributed by atoms with Gasteiger partial charge in [-0.25, -0.2) is 4.39 Å². The molecular formula is C16H13Br3ClF. The molecule has 0 spiro atoms. The van der Waals surface area contributed by atoms with Crippen LogP contribution in [0.5, 0.6) is 0 Å². The highest BCUT2D eigenvalue weighted by Gasteiger charge is 2.33. The molecule has 21 heavy (non-hydrogen) atoms. The van der Waals surface area contributed by atoms with Gasteiger partial charge in [0.25, 0.3) is 0 Å². The lowest BCUT2D eigenvalue weighted by atomic mass is 9.79. The van der Waals surface area contributed by atoms with Crippen LogP contribution in [-0.2, 0) is 11.8 Å². The number of hydrogen-bond donors (Lipinski definition) is 0. The highest BCUT2D eigenvalue weighted by Crippen LogP contribution is 2.38. The molecule has 0 N–H and O–H groups in total. The second kappa shape index (κ2) is 7.58. The number of alkyl halides is 2. The molecule has 0 saturated heterocycles. The van der Waals surface area contributed by atoms with Crippen molar-refractivity contribution in [2.75, 3.05) is 10.7 Å². The molecule has 0 aromatic heterocycles. The summed E-state index contributed by atoms with van der Waals surface area (Å²) in [5, 5.41) is 2.17. The first-order chi connectivity index (χ1) is 10.0. The first-order valence-electron chi connectivity index (χ1n) is 6.34. The molecule has 2 aromatic carbocycles. The molecule has 2 rings (SSSR count). The summed E-state index contributed by atoms with van der Waals surface area (Å²) in [4.78, 5) is 0. The molecule has 0 aliphatic rings. The Hall–Kier alpha value is 0.1000. The molecule has 0 radical (unpaired) electrons. The largest absolute Gasteiger partial charge is 0.206 e. The first-order valence-corrected chi connectivity index (χ1v) is 9.75. The Kier molecular flexibility index (Phi) is 6.30. The third-order valence-electron chi connectivity index (χ3n) is 3.52. The van der Waals surface area contributed by atoms with Crippen LogP contribution in [-0.4, -0.2) is 10.7 Å². The number of benzene rings is 2. The smallest absolute Gasteiger partial charge is 0.137 e. The lowest BCUT2D eigenvalue weighted by Crippen LogP contribution is -2.33. The molecule has 112 valence electrons. The maximum Gasteiger partial charge on any atom is 0.137 e. The van der Waals surface area contributed by atoms with E-state index in [0.717, 1.165) is 26.8 Å². The summed E-state index contributed by atoms with van der Waals surface area (Å²) in [5.41, 5.74) is 1.74. The van der Waals surface area contributed by atoms with Gasteiger partial charge in [-0.3, -0.25) is 0 Å². The average molecular weight is 499 g/mol. The molecule has 0 fully saturated rings. The highest BCUT2D eigenvalue weighted by molar-refractivity contribution is 9.10. The van der Waals surface area contributed by atoms with Crippen molar-refractivity contribution in [2.45, 2.75) is 11.8 Å². The molecule has 0 unspecified atom stereocenters. The van der Waals surface area contributed by atoms with E-state index in [0.29, 0.717) is 10.9 Å². The third-order valence-corrected chi connectivity index (χ3v) is 6.88. The van der Waals surface area contributed by atoms with E-state index in [2.05, 4.69) is 47.8 Å². The van der Waals surface area contributed by atoms with Gasteiger partial charge in [0, 0.05) is 21.1 Å². The summed E-state index contributed by atoms with van der Waals surface area (Å²) in [7, 11) is 0. The quantitative estimate of drug-likeness (QED) is 0.412. The van der Waals surface area contributed by atoms with E-state index in [-0.39, 0.29) is 11.2 Å². The summed E-state index contributed by atoms with van der Waals surface area (Å²) in [6, 6.07) is 12.9. The van der Waals surface area contributed by atoms with Crippen molar-refractivity contribution in [3.63, 3.8) is 0 Å². The van der Waals surface area contributed by atoms with Crippen molar-refractivity contribution >= 4 is 59.4 Å². The van der Waals surface area contributed by atoms with Crippen molar-refractivity contribution in [1.82, 2.24) is 0 Å². The molecule has 0 bridgehead atoms. The minimum Gasteiger partial charge on any atom is -0.206 e. The van der Waals surface area contributed by atoms with E-state index in [1.807, 2.05) is 30.3 Å². The minimum absolute atomic E-state index is 0.241. The fourth-order valence-corrected chi connectivity index (χ4v) is 4.98. The van der Waals surface area contributed by atoms with Crippen LogP contribution in [0.3, 0.4) is 0 Å². The fraction of sp³-hybridized carbons (Fsp3) is 0.250. The van der Waals surface area contributed by atoms with E-state index in [1.165, 1.54) is 6.07 Å². The lowest BCUT2D eigenvalue weighted by molar-refractivity contribution is 0.544. The highest BCUT2D eigenvalue weighted by atomic mass is 79.9. The SMILES string of the molecule is Fc1cccc(CC(CBr)(CBr)c2ccccc2Cl)c1Br. The van der Waals surface area contributed by atoms with Crippen LogP contribution >= 0.6 is 59.4 Å². The topological polar surface area (TPSA) is 0 Å². The molecule has 0 saturated carbocycles. The maximum absolute atomic E-state index is 13.7. The van der Waals surface area contributed by atoms with Gasteiger partial charge in [0.05, 0.1) is 4.47 Å². The maximum atomic E-state index is 13.7. The van der Waals surface area contributed by atoms with Gasteiger partial charge >= 0.3 is 0 Å². The molecule has 0 aliphatic carbocycles. The van der Waals surface area contributed by atoms with Gasteiger partial charge in [-0.15, -0.1) is 0 Å². The van der Waals surface area contributed by atoms with Crippen LogP contribution < -0.4 is 0 Å². The summed E-state index contributed by atoms with van der Waals surface area (Å²) in [5.74, 6) is -0.246. The van der Waals surface area contributed by atoms with Gasteiger partial charge in [-0.2, -0.15) is 0 Å². The minimum atomic E-state index is -0.246. The van der Waals surface area contributed by atoms with Crippen molar-refractivity contribution in [3.05, 3.63) is 68.9 Å². The van der Waals surface area contributed by atoms with Crippen molar-refractivity contribution in [2.24, 2.45) is 0 Å². The summed E-state index contributed by atoms with van der Waals surface area (Å²) in [6.45, 7) is 0. The van der Waals surface area contributed by atoms with E-state index < -0.39 is 0 Å². The van der Waals surface area contributed by atoms with Crippen LogP contribution in [0, 0.1) is 5.82 Å². The van der Waals surface area contributed by atoms with Gasteiger partial charge < -0.3 is 0 Å². The van der Waals surface area contributed by atoms with Crippen molar-refractivity contribution in [3.8, 4) is 0 Å². The molecule has 2 aromatic rings. The van der Waals surface area contributed by atoms with E-state index in [9.17, 15) is 4.39 Å². The number of halogens is 5. The zero-order valence-electron chi connectivity index (χ0n) is 11.1. The fourth-order valence-electron chi connectivity index (χ4n) is 2.31. The summed E-state index contributed by atoms with van der Waals surface area (Å²) in [6.07, 6.45) is 0.672. The van der Waals surface area contributed by atoms with Gasteiger partial charge in [-0.1, -0.05) is 73.8 Å². The lowest BCUT2D eigenvalue weighted by Gasteiger charge is -2.32. The van der Waals surface area contributed by atoms with Crippen molar-refractivity contribution in [1.29, 1.82) is 0 Å². The van der Waals surface area contributed by atoms with Gasteiger partial charge in [0.15, 0.2) is 0 Å². The average Bonchev–Trinajstić information content (AvgIpc) is 2.50. The predicted octanol–water partition coefficient (Wildman–Crippen LogP) is 6.51. The van der Waals surface area contributed by atoms with Crippen LogP contribution in [0.2, 0.25) is 5.02 Å². The Morgan fingerprint density at radius 1 is 1.00 bits per heavy atom. The van der Waals surface area contributed by atoms with E-state index in [1.54, 1.807) is 6.07 Å². The van der Waals surface area contributed by atoms with Gasteiger partial charge in [-0.05, 0) is 45.6 Å². The normalized spacial score (nSPS) is 11.7. The zero-order chi connectivity index (χ0) is 15.5. The number of rotatable bonds is 5. The summed E-state index contributed by atoms with van der Waals surface area (Å²) < 4.78 is 14.3. The van der Waals surface area contributed by atoms with Crippen LogP contribution in [0.1, 0.15) is 11.1 Å². The Bertz CT molecular complexity index is 627. The van der Waals surface area contributed by atoms with Gasteiger partial charge in [0.1, 0.15) is 5.82 Å². The molecule has 0 amide bonds. The predicted molar refractivity (Wildman–Crippen MR) is 98.5 cm³/mol. The van der Waals surface area contributed by atoms with Crippen LogP contribution in [0.4, 0.5) is 4.39 Å². The number of hydrogen-bond acceptors (Lipinski definition) is 0. The molecule has 5 heteroatoms. The molecule has 0 atom stereocenters. The Morgan fingerprint density at radius 2 is 1.67 bits per heavy atom. The Labute approximate surface area is 154 Å². The van der Waals surface area contributed by atoms with Crippen molar-refractivity contribution < 1.29 is 4.39 Å². The second-order valence-corrected chi connectivity index (χ2v) is 7.24. The van der Waals surface area contributed by atoms with E-state index >= 15 is 0 Å². The molecule has 0 aliphatic heterocycles. The summed E-state index contributed by atoms with van der Waals surface area (Å²) >= 11 is 16.9. The first kappa shape index (κ1) is 17.5. The molecule has 0 heterocycles. The molecular weight excluding hydrogens is 486 g/mol. The van der Waals surface area contributed by atoms with E-state index in [4.69, 9.17) is 11.6 Å². The zero-order valence-corrected chi connectivity index (χ0v) is 16.6. The Balaban J connectivity index is 2.49. The monoisotopic (exact) mass is 496 g/mol. The van der Waals surface area contributed by atoms with Crippen LogP contribution in [0.25, 0.3) is 0 Å². The molecule has 0 nitrogen and oxygen atoms in total. The third kappa shape index (κ3) is 3.72. The van der Waals surface area contributed by atoms with Gasteiger partial charge in [0.2, 0.25) is 0 Å². The second-order valence-electron chi connectivity index (χ2n) is 4.92. The van der Waals surface area contributed by atoms with Crippen LogP contribution in [0.15, 0.2) is 46.9 Å². The Morgan fingerprint density at radius 3 is 2.29 bits per heavy atom.